The third-order valence-corrected chi connectivity index (χ3v) is 28.4. The molecule has 0 aliphatic carbocycles. The number of rotatable bonds is 54. The Morgan fingerprint density at radius 3 is 1.26 bits per heavy atom. The van der Waals surface area contributed by atoms with E-state index in [1.165, 1.54) is 57.9 Å². The van der Waals surface area contributed by atoms with Gasteiger partial charge in [-0.05, 0) is 88.5 Å². The number of thiocarbonyl (C=S) groups is 2. The number of H-pyrrole nitrogens is 2. The van der Waals surface area contributed by atoms with Crippen LogP contribution in [0.5, 0.6) is 0 Å². The fraction of sp³-hybridized carbons (Fsp3) is 0.571. The first-order chi connectivity index (χ1) is 59.7. The van der Waals surface area contributed by atoms with Gasteiger partial charge in [0.1, 0.15) is 32.1 Å². The zero-order valence-electron chi connectivity index (χ0n) is 74.8. The number of nitrogens with one attached hydrogen (secondary N) is 8. The summed E-state index contributed by atoms with van der Waals surface area (Å²) in [4.78, 5) is 120. The Balaban J connectivity index is 0.000000403. The van der Waals surface area contributed by atoms with Gasteiger partial charge in [0.05, 0.1) is 134 Å². The normalized spacial score (nSPS) is 13.8. The maximum atomic E-state index is 13.6. The first kappa shape index (κ1) is 113. The van der Waals surface area contributed by atoms with Gasteiger partial charge in [-0.1, -0.05) is 115 Å². The van der Waals surface area contributed by atoms with Crippen molar-refractivity contribution in [3.8, 4) is 0 Å². The van der Waals surface area contributed by atoms with Gasteiger partial charge in [0.2, 0.25) is 35.4 Å². The van der Waals surface area contributed by atoms with Crippen LogP contribution in [-0.2, 0) is 106 Å². The average Bonchev–Trinajstić information content (AvgIpc) is 1.86. The van der Waals surface area contributed by atoms with E-state index in [1.807, 2.05) is 153 Å². The number of benzene rings is 3. The highest BCUT2D eigenvalue weighted by Gasteiger charge is 2.33. The number of hydrogen-bond acceptors (Lipinski definition) is 27. The molecule has 3 aromatic heterocycles. The number of thiol groups is 1. The molecule has 43 heteroatoms. The lowest BCUT2D eigenvalue weighted by molar-refractivity contribution is -0.889. The Labute approximate surface area is 783 Å². The van der Waals surface area contributed by atoms with Gasteiger partial charge < -0.3 is 74.1 Å². The number of nitrogens with zero attached hydrogens (tertiary/aromatic N) is 7. The Morgan fingerprint density at radius 1 is 0.535 bits per heavy atom. The molecule has 3 heterocycles. The molecule has 0 bridgehead atoms. The van der Waals surface area contributed by atoms with Crippen LogP contribution >= 0.6 is 91.9 Å². The van der Waals surface area contributed by atoms with Crippen molar-refractivity contribution in [2.75, 3.05) is 176 Å². The lowest BCUT2D eigenvalue weighted by Gasteiger charge is -2.30. The molecule has 0 saturated carbocycles. The summed E-state index contributed by atoms with van der Waals surface area (Å²) in [7, 11) is 0.766. The van der Waals surface area contributed by atoms with E-state index in [4.69, 9.17) is 38.2 Å². The predicted molar refractivity (Wildman–Crippen MR) is 513 cm³/mol. The van der Waals surface area contributed by atoms with Gasteiger partial charge in [0, 0.05) is 153 Å². The van der Waals surface area contributed by atoms with E-state index in [2.05, 4.69) is 69.4 Å². The van der Waals surface area contributed by atoms with Crippen LogP contribution in [0.25, 0.3) is 0 Å². The predicted octanol–water partition coefficient (Wildman–Crippen LogP) is 7.96. The van der Waals surface area contributed by atoms with Crippen LogP contribution in [0.1, 0.15) is 86.6 Å². The van der Waals surface area contributed by atoms with Crippen LogP contribution in [0.15, 0.2) is 129 Å². The molecular formula is C84H131N15O18PS9+. The second-order valence-electron chi connectivity index (χ2n) is 33.7. The van der Waals surface area contributed by atoms with Crippen LogP contribution < -0.4 is 31.9 Å². The van der Waals surface area contributed by atoms with Crippen molar-refractivity contribution in [3.05, 3.63) is 162 Å². The molecule has 0 saturated heterocycles. The van der Waals surface area contributed by atoms with E-state index in [1.54, 1.807) is 52.0 Å². The molecule has 3 aromatic carbocycles. The van der Waals surface area contributed by atoms with Gasteiger partial charge in [0.25, 0.3) is 0 Å². The number of aromatic nitrogens is 6. The first-order valence-electron chi connectivity index (χ1n) is 41.7. The highest BCUT2D eigenvalue weighted by Crippen LogP contribution is 2.43. The zero-order valence-corrected chi connectivity index (χ0v) is 83.1. The maximum absolute atomic E-state index is 13.6. The van der Waals surface area contributed by atoms with E-state index >= 15 is 0 Å². The van der Waals surface area contributed by atoms with Gasteiger partial charge in [-0.2, -0.15) is 12.6 Å². The summed E-state index contributed by atoms with van der Waals surface area (Å²) in [5.74, 6) is -3.56. The summed E-state index contributed by atoms with van der Waals surface area (Å²) >= 11 is 20.9. The molecule has 9 N–H and O–H groups in total. The third-order valence-electron chi connectivity index (χ3n) is 19.7. The number of thioether (sulfide) groups is 4. The Morgan fingerprint density at radius 2 is 0.898 bits per heavy atom. The molecule has 0 fully saturated rings. The molecule has 0 spiro atoms. The summed E-state index contributed by atoms with van der Waals surface area (Å²) in [6.07, 6.45) is 17.3. The van der Waals surface area contributed by atoms with Crippen molar-refractivity contribution in [2.24, 2.45) is 35.5 Å². The molecule has 0 aliphatic heterocycles. The highest BCUT2D eigenvalue weighted by molar-refractivity contribution is 8.47. The smallest absolute Gasteiger partial charge is 0.472 e. The van der Waals surface area contributed by atoms with Crippen molar-refractivity contribution in [1.29, 1.82) is 0 Å². The number of phosphoric acid groups is 1. The average molecular weight is 1960 g/mol. The molecular weight excluding hydrogens is 1830 g/mol. The van der Waals surface area contributed by atoms with Crippen LogP contribution in [0.2, 0.25) is 0 Å². The molecule has 0 aliphatic rings. The lowest BCUT2D eigenvalue weighted by Crippen LogP contribution is -2.47. The Hall–Kier alpha value is -6.68. The molecule has 6 aromatic rings. The Kier molecular flexibility index (Phi) is 51.7. The minimum Gasteiger partial charge on any atom is -0.748 e. The van der Waals surface area contributed by atoms with Crippen molar-refractivity contribution >= 4 is 161 Å². The quantitative estimate of drug-likeness (QED) is 0.00432. The van der Waals surface area contributed by atoms with Crippen molar-refractivity contribution < 1.29 is 96.2 Å². The standard InChI is InChI=1S/C32H49N5O7S4.C27H42N5O6PS3.C25H39N5O5S2/c1-32(2,3)44-30(40)36-21-27(35-23-36)13-14-33-29(39)26(22-47-31(45)46-6)20-25(19-24-11-8-7-9-12-24)28(38)34-15-17-37(4,5)16-10-18-48(41,42)43;1-32(2,3)13-15-38-39(35,36)37-14-12-30-25(33)22(16-21-8-6-5-7-9-21)17-23(19-42-27(40)41-4)26(34)29-11-10-24-18-28-20-31-24;1-30(2,12-6-14-37(33,34)35)13-11-28-24(31)21(15-20-7-4-3-5-8-20)16-22(18-36)25(32)27-10-9-23-17-26-19-29-23/h7-9,11-12,21,23,25-26H,10,13-20,22H2,1-6H3,(H2-,33,34,38,39,41,42,43);5-9,18,20,22-23H,10-17,19H2,1-4H3,(H3-,28,29,30,31,33,34,35,36);3-5,7-8,17,19,21-22H,6,9-16,18H2,1-2H3,(H4-,26,27,28,29,31,32,33,34,35,36)/p+1. The van der Waals surface area contributed by atoms with Crippen LogP contribution in [0, 0.1) is 35.5 Å². The van der Waals surface area contributed by atoms with Crippen molar-refractivity contribution in [3.63, 3.8) is 0 Å². The second kappa shape index (κ2) is 58.3. The first-order valence-corrected chi connectivity index (χ1v) is 52.2. The number of amides is 6. The largest absolute Gasteiger partial charge is 0.748 e. The van der Waals surface area contributed by atoms with Gasteiger partial charge in [-0.3, -0.25) is 37.8 Å². The number of likely N-dealkylation sites (N-methyl/N-ethyl adjacent to an activating group) is 3. The number of carbonyl (C=O) groups excluding carboxylic acids is 7. The fourth-order valence-electron chi connectivity index (χ4n) is 12.7. The third kappa shape index (κ3) is 52.2. The van der Waals surface area contributed by atoms with Crippen LogP contribution in [0.3, 0.4) is 0 Å². The fourth-order valence-corrected chi connectivity index (χ4v) is 17.7. The molecule has 127 heavy (non-hydrogen) atoms. The summed E-state index contributed by atoms with van der Waals surface area (Å²) in [5.41, 5.74) is 4.77. The minimum absolute atomic E-state index is 0.0136. The molecule has 0 radical (unpaired) electrons. The lowest BCUT2D eigenvalue weighted by atomic mass is 9.88. The van der Waals surface area contributed by atoms with Gasteiger partial charge in [0.15, 0.2) is 0 Å². The number of imidazole rings is 3. The van der Waals surface area contributed by atoms with Gasteiger partial charge in [-0.25, -0.2) is 45.7 Å². The number of ether oxygens (including phenoxy) is 1. The van der Waals surface area contributed by atoms with Gasteiger partial charge in [-0.15, -0.1) is 47.0 Å². The summed E-state index contributed by atoms with van der Waals surface area (Å²) in [5, 5.41) is 17.7. The number of carbonyl (C=O) groups is 7. The number of phosphoric ester groups is 1. The second-order valence-corrected chi connectivity index (χ2v) is 44.6. The van der Waals surface area contributed by atoms with Crippen molar-refractivity contribution in [1.82, 2.24) is 61.4 Å². The topological polar surface area (TPSA) is 446 Å². The maximum Gasteiger partial charge on any atom is 0.472 e. The number of aromatic amines is 2. The zero-order chi connectivity index (χ0) is 94.3. The summed E-state index contributed by atoms with van der Waals surface area (Å²) in [6.45, 7) is 9.76. The molecule has 7 atom stereocenters. The molecule has 708 valence electrons. The SMILES string of the molecule is CSC(=S)SCC(CC(Cc1ccccc1)C(=O)NCCOP(=O)(O)OCC[N+](C)(C)C)C(=O)NCCc1cnc[nH]1.CSC(=S)SCC(CC(Cc1ccccc1)C(=O)NCC[N+](C)(C)CCCS(=O)(=O)[O-])C(=O)NCCc1cn(C(=O)OC(C)(C)C)cn1.C[N+](C)(CCCS(=O)(=O)[O-])CCNC(=O)C(Cc1ccccc1)CC(CS)C(=O)NCCc1cnc[nH]1. The van der Waals surface area contributed by atoms with Crippen LogP contribution in [-0.4, -0.2) is 304 Å². The number of quaternary nitrogens is 3. The van der Waals surface area contributed by atoms with E-state index in [0.717, 1.165) is 31.6 Å². The van der Waals surface area contributed by atoms with Crippen LogP contribution in [0.4, 0.5) is 4.79 Å². The summed E-state index contributed by atoms with van der Waals surface area (Å²) < 4.78 is 97.3. The highest BCUT2D eigenvalue weighted by atomic mass is 32.2. The monoisotopic (exact) mass is 1960 g/mol. The van der Waals surface area contributed by atoms with Crippen molar-refractivity contribution in [2.45, 2.75) is 97.0 Å². The molecule has 7 unspecified atom stereocenters. The minimum atomic E-state index is -4.27. The summed E-state index contributed by atoms with van der Waals surface area (Å²) in [6, 6.07) is 28.9. The van der Waals surface area contributed by atoms with Gasteiger partial charge >= 0.3 is 13.9 Å². The van der Waals surface area contributed by atoms with E-state index in [9.17, 15) is 69.0 Å². The molecule has 33 nitrogen and oxygen atoms in total. The molecule has 6 amide bonds. The van der Waals surface area contributed by atoms with E-state index in [-0.39, 0.29) is 74.6 Å². The van der Waals surface area contributed by atoms with E-state index < -0.39 is 86.8 Å². The molecule has 6 rings (SSSR count). The number of hydrogen-bond donors (Lipinski definition) is 10. The Bertz CT molecular complexity index is 4580. The van der Waals surface area contributed by atoms with E-state index in [0.29, 0.717) is 157 Å².